The number of thiophene rings is 1. The van der Waals surface area contributed by atoms with Crippen LogP contribution in [0.25, 0.3) is 20.7 Å². The molecule has 31 heavy (non-hydrogen) atoms. The minimum Gasteiger partial charge on any atom is -0.462 e. The first kappa shape index (κ1) is 19.4. The molecule has 0 aliphatic carbocycles. The van der Waals surface area contributed by atoms with Crippen LogP contribution in [0.3, 0.4) is 0 Å². The van der Waals surface area contributed by atoms with Crippen molar-refractivity contribution >= 4 is 27.4 Å². The summed E-state index contributed by atoms with van der Waals surface area (Å²) < 4.78 is 39.0. The Morgan fingerprint density at radius 1 is 0.968 bits per heavy atom. The van der Waals surface area contributed by atoms with Crippen molar-refractivity contribution in [2.75, 3.05) is 18.2 Å². The van der Waals surface area contributed by atoms with E-state index in [0.717, 1.165) is 27.0 Å². The maximum absolute atomic E-state index is 13.7. The SMILES string of the molecule is Fc1cc(F)cc(-c2cc3ncnc(N(CC4=COCO4)Cc4ccccc4)c3s2)c1. The van der Waals surface area contributed by atoms with E-state index in [1.807, 2.05) is 36.4 Å². The van der Waals surface area contributed by atoms with E-state index in [4.69, 9.17) is 9.47 Å². The molecule has 0 bridgehead atoms. The monoisotopic (exact) mass is 437 g/mol. The van der Waals surface area contributed by atoms with E-state index in [-0.39, 0.29) is 6.79 Å². The zero-order chi connectivity index (χ0) is 21.2. The van der Waals surface area contributed by atoms with Crippen molar-refractivity contribution in [3.05, 3.63) is 90.1 Å². The van der Waals surface area contributed by atoms with Gasteiger partial charge >= 0.3 is 0 Å². The van der Waals surface area contributed by atoms with Crippen LogP contribution >= 0.6 is 11.3 Å². The number of ether oxygens (including phenoxy) is 2. The van der Waals surface area contributed by atoms with Crippen LogP contribution < -0.4 is 4.90 Å². The molecule has 5 rings (SSSR count). The molecule has 1 aliphatic rings. The summed E-state index contributed by atoms with van der Waals surface area (Å²) in [7, 11) is 0. The lowest BCUT2D eigenvalue weighted by Gasteiger charge is -2.24. The molecule has 3 heterocycles. The van der Waals surface area contributed by atoms with Gasteiger partial charge in [-0.3, -0.25) is 0 Å². The van der Waals surface area contributed by atoms with Crippen LogP contribution in [0.4, 0.5) is 14.6 Å². The van der Waals surface area contributed by atoms with Gasteiger partial charge < -0.3 is 14.4 Å². The van der Waals surface area contributed by atoms with E-state index < -0.39 is 11.6 Å². The summed E-state index contributed by atoms with van der Waals surface area (Å²) in [5.74, 6) is 0.189. The van der Waals surface area contributed by atoms with Crippen molar-refractivity contribution in [1.29, 1.82) is 0 Å². The topological polar surface area (TPSA) is 47.5 Å². The standard InChI is InChI=1S/C23H17F2N3O2S/c24-17-6-16(7-18(25)8-17)21-9-20-22(31-21)23(27-13-26-20)28(11-19-12-29-14-30-19)10-15-4-2-1-3-5-15/h1-9,12-13H,10-11,14H2. The number of benzene rings is 2. The van der Waals surface area contributed by atoms with Gasteiger partial charge in [0.1, 0.15) is 24.2 Å². The number of nitrogens with zero attached hydrogens (tertiary/aromatic N) is 3. The molecule has 5 nitrogen and oxygen atoms in total. The van der Waals surface area contributed by atoms with Crippen LogP contribution in [0.15, 0.2) is 72.9 Å². The van der Waals surface area contributed by atoms with Gasteiger partial charge in [-0.15, -0.1) is 11.3 Å². The van der Waals surface area contributed by atoms with Crippen molar-refractivity contribution in [2.24, 2.45) is 0 Å². The van der Waals surface area contributed by atoms with Gasteiger partial charge in [-0.2, -0.15) is 0 Å². The van der Waals surface area contributed by atoms with Gasteiger partial charge in [0.25, 0.3) is 0 Å². The quantitative estimate of drug-likeness (QED) is 0.399. The lowest BCUT2D eigenvalue weighted by atomic mass is 10.2. The van der Waals surface area contributed by atoms with Gasteiger partial charge in [-0.1, -0.05) is 30.3 Å². The number of rotatable bonds is 6. The molecule has 0 unspecified atom stereocenters. The second-order valence-electron chi connectivity index (χ2n) is 7.04. The summed E-state index contributed by atoms with van der Waals surface area (Å²) in [5.41, 5.74) is 2.29. The number of hydrogen-bond donors (Lipinski definition) is 0. The number of hydrogen-bond acceptors (Lipinski definition) is 6. The first-order chi connectivity index (χ1) is 15.2. The molecule has 8 heteroatoms. The van der Waals surface area contributed by atoms with Crippen molar-refractivity contribution in [1.82, 2.24) is 9.97 Å². The van der Waals surface area contributed by atoms with Crippen LogP contribution in [-0.4, -0.2) is 23.3 Å². The van der Waals surface area contributed by atoms with Crippen molar-refractivity contribution in [3.63, 3.8) is 0 Å². The smallest absolute Gasteiger partial charge is 0.229 e. The zero-order valence-electron chi connectivity index (χ0n) is 16.3. The highest BCUT2D eigenvalue weighted by atomic mass is 32.1. The van der Waals surface area contributed by atoms with Crippen LogP contribution in [0.5, 0.6) is 0 Å². The predicted octanol–water partition coefficient (Wildman–Crippen LogP) is 5.49. The summed E-state index contributed by atoms with van der Waals surface area (Å²) in [6.45, 7) is 1.25. The summed E-state index contributed by atoms with van der Waals surface area (Å²) >= 11 is 1.40. The molecule has 0 saturated carbocycles. The molecule has 4 aromatic rings. The third-order valence-electron chi connectivity index (χ3n) is 4.83. The summed E-state index contributed by atoms with van der Waals surface area (Å²) in [5, 5.41) is 0. The van der Waals surface area contributed by atoms with Gasteiger partial charge in [-0.25, -0.2) is 18.7 Å². The maximum atomic E-state index is 13.7. The zero-order valence-corrected chi connectivity index (χ0v) is 17.1. The molecule has 156 valence electrons. The Labute approximate surface area is 181 Å². The van der Waals surface area contributed by atoms with Gasteiger partial charge in [0.05, 0.1) is 16.8 Å². The van der Waals surface area contributed by atoms with Crippen molar-refractivity contribution < 1.29 is 18.3 Å². The van der Waals surface area contributed by atoms with Gasteiger partial charge in [0.15, 0.2) is 11.6 Å². The van der Waals surface area contributed by atoms with Crippen LogP contribution in [0, 0.1) is 11.6 Å². The molecule has 0 amide bonds. The van der Waals surface area contributed by atoms with Crippen molar-refractivity contribution in [2.45, 2.75) is 6.54 Å². The van der Waals surface area contributed by atoms with Crippen LogP contribution in [0.2, 0.25) is 0 Å². The fourth-order valence-electron chi connectivity index (χ4n) is 3.46. The normalized spacial score (nSPS) is 13.0. The Morgan fingerprint density at radius 3 is 2.52 bits per heavy atom. The van der Waals surface area contributed by atoms with Crippen LogP contribution in [0.1, 0.15) is 5.56 Å². The Bertz CT molecular complexity index is 1240. The molecule has 2 aromatic heterocycles. The third-order valence-corrected chi connectivity index (χ3v) is 6.00. The van der Waals surface area contributed by atoms with E-state index in [2.05, 4.69) is 14.9 Å². The number of anilines is 1. The van der Waals surface area contributed by atoms with Gasteiger partial charge in [0.2, 0.25) is 6.79 Å². The Kier molecular flexibility index (Phi) is 5.21. The van der Waals surface area contributed by atoms with E-state index in [0.29, 0.717) is 29.9 Å². The average molecular weight is 437 g/mol. The molecule has 0 spiro atoms. The number of halogens is 2. The largest absolute Gasteiger partial charge is 0.462 e. The minimum absolute atomic E-state index is 0.196. The molecular weight excluding hydrogens is 420 g/mol. The predicted molar refractivity (Wildman–Crippen MR) is 115 cm³/mol. The fourth-order valence-corrected chi connectivity index (χ4v) is 4.57. The van der Waals surface area contributed by atoms with Crippen molar-refractivity contribution in [3.8, 4) is 10.4 Å². The molecule has 1 aliphatic heterocycles. The highest BCUT2D eigenvalue weighted by Crippen LogP contribution is 2.38. The second-order valence-corrected chi connectivity index (χ2v) is 8.09. The van der Waals surface area contributed by atoms with E-state index in [1.54, 1.807) is 6.26 Å². The number of aromatic nitrogens is 2. The lowest BCUT2D eigenvalue weighted by molar-refractivity contribution is 0.0797. The first-order valence-corrected chi connectivity index (χ1v) is 10.4. The van der Waals surface area contributed by atoms with Gasteiger partial charge in [0, 0.05) is 17.5 Å². The van der Waals surface area contributed by atoms with E-state index >= 15 is 0 Å². The molecule has 0 atom stereocenters. The molecule has 0 N–H and O–H groups in total. The lowest BCUT2D eigenvalue weighted by Crippen LogP contribution is -2.26. The molecule has 0 radical (unpaired) electrons. The van der Waals surface area contributed by atoms with Gasteiger partial charge in [-0.05, 0) is 29.3 Å². The highest BCUT2D eigenvalue weighted by molar-refractivity contribution is 7.22. The van der Waals surface area contributed by atoms with E-state index in [9.17, 15) is 8.78 Å². The Morgan fingerprint density at radius 2 is 1.77 bits per heavy atom. The molecule has 0 saturated heterocycles. The fraction of sp³-hybridized carbons (Fsp3) is 0.130. The van der Waals surface area contributed by atoms with E-state index in [1.165, 1.54) is 29.8 Å². The Hall–Kier alpha value is -3.52. The molecule has 0 fully saturated rings. The summed E-state index contributed by atoms with van der Waals surface area (Å²) in [6.07, 6.45) is 3.10. The maximum Gasteiger partial charge on any atom is 0.229 e. The molecular formula is C23H17F2N3O2S. The minimum atomic E-state index is -0.616. The molecule has 2 aromatic carbocycles. The summed E-state index contributed by atoms with van der Waals surface area (Å²) in [4.78, 5) is 11.7. The summed E-state index contributed by atoms with van der Waals surface area (Å²) in [6, 6.07) is 15.3. The highest BCUT2D eigenvalue weighted by Gasteiger charge is 2.20. The third kappa shape index (κ3) is 4.20. The van der Waals surface area contributed by atoms with Crippen LogP contribution in [-0.2, 0) is 16.0 Å². The second kappa shape index (κ2) is 8.31. The number of fused-ring (bicyclic) bond motifs is 1. The average Bonchev–Trinajstić information content (AvgIpc) is 3.43. The first-order valence-electron chi connectivity index (χ1n) is 9.59. The Balaban J connectivity index is 1.57.